The van der Waals surface area contributed by atoms with Crippen molar-refractivity contribution in [3.63, 3.8) is 0 Å². The number of nitrogens with zero attached hydrogens (tertiary/aromatic N) is 2. The molecule has 1 saturated heterocycles. The largest absolute Gasteiger partial charge is 0.314 e. The van der Waals surface area contributed by atoms with E-state index >= 15 is 0 Å². The standard InChI is InChI=1S/C13H27N3/c1-15-9-11-16(12-10-15)8-4-7-14-13-5-2-3-6-13/h13-14H,2-12H2,1H3. The van der Waals surface area contributed by atoms with Crippen LogP contribution >= 0.6 is 0 Å². The molecule has 0 spiro atoms. The highest BCUT2D eigenvalue weighted by Gasteiger charge is 2.15. The Morgan fingerprint density at radius 3 is 2.44 bits per heavy atom. The Morgan fingerprint density at radius 1 is 1.06 bits per heavy atom. The van der Waals surface area contributed by atoms with E-state index in [4.69, 9.17) is 0 Å². The molecule has 1 aliphatic carbocycles. The molecule has 0 atom stereocenters. The molecule has 2 rings (SSSR count). The van der Waals surface area contributed by atoms with Crippen LogP contribution in [-0.2, 0) is 0 Å². The van der Waals surface area contributed by atoms with Crippen molar-refractivity contribution in [2.24, 2.45) is 0 Å². The molecule has 94 valence electrons. The molecule has 0 amide bonds. The molecule has 3 nitrogen and oxygen atoms in total. The average molecular weight is 225 g/mol. The van der Waals surface area contributed by atoms with Gasteiger partial charge in [0.25, 0.3) is 0 Å². The van der Waals surface area contributed by atoms with Crippen LogP contribution in [0.1, 0.15) is 32.1 Å². The van der Waals surface area contributed by atoms with Crippen molar-refractivity contribution in [3.8, 4) is 0 Å². The summed E-state index contributed by atoms with van der Waals surface area (Å²) in [6.07, 6.45) is 7.02. The molecule has 1 heterocycles. The van der Waals surface area contributed by atoms with Gasteiger partial charge in [-0.1, -0.05) is 12.8 Å². The fourth-order valence-corrected chi connectivity index (χ4v) is 2.81. The Labute approximate surface area is 100 Å². The molecule has 1 saturated carbocycles. The SMILES string of the molecule is CN1CCN(CCCNC2CCCC2)CC1. The number of nitrogens with one attached hydrogen (secondary N) is 1. The molecule has 0 aromatic rings. The average Bonchev–Trinajstić information content (AvgIpc) is 2.80. The molecule has 16 heavy (non-hydrogen) atoms. The lowest BCUT2D eigenvalue weighted by atomic mass is 10.2. The third kappa shape index (κ3) is 4.04. The Hall–Kier alpha value is -0.120. The molecule has 0 radical (unpaired) electrons. The first kappa shape index (κ1) is 12.3. The summed E-state index contributed by atoms with van der Waals surface area (Å²) in [5.41, 5.74) is 0. The van der Waals surface area contributed by atoms with Gasteiger partial charge in [0.05, 0.1) is 0 Å². The molecular formula is C13H27N3. The lowest BCUT2D eigenvalue weighted by molar-refractivity contribution is 0.152. The van der Waals surface area contributed by atoms with Crippen molar-refractivity contribution >= 4 is 0 Å². The lowest BCUT2D eigenvalue weighted by Crippen LogP contribution is -2.45. The van der Waals surface area contributed by atoms with Gasteiger partial charge in [0, 0.05) is 32.2 Å². The Morgan fingerprint density at radius 2 is 1.75 bits per heavy atom. The first-order valence-electron chi connectivity index (χ1n) is 6.99. The first-order valence-corrected chi connectivity index (χ1v) is 6.99. The summed E-state index contributed by atoms with van der Waals surface area (Å²) in [6.45, 7) is 7.52. The minimum Gasteiger partial charge on any atom is -0.314 e. The smallest absolute Gasteiger partial charge is 0.0110 e. The van der Waals surface area contributed by atoms with Gasteiger partial charge in [0.1, 0.15) is 0 Å². The fourth-order valence-electron chi connectivity index (χ4n) is 2.81. The maximum absolute atomic E-state index is 3.69. The highest BCUT2D eigenvalue weighted by atomic mass is 15.2. The lowest BCUT2D eigenvalue weighted by Gasteiger charge is -2.32. The van der Waals surface area contributed by atoms with Gasteiger partial charge < -0.3 is 15.1 Å². The summed E-state index contributed by atoms with van der Waals surface area (Å²) in [6, 6.07) is 0.840. The summed E-state index contributed by atoms with van der Waals surface area (Å²) in [5, 5.41) is 3.69. The van der Waals surface area contributed by atoms with Crippen LogP contribution in [0.2, 0.25) is 0 Å². The second kappa shape index (κ2) is 6.58. The van der Waals surface area contributed by atoms with Gasteiger partial charge in [-0.2, -0.15) is 0 Å². The highest BCUT2D eigenvalue weighted by molar-refractivity contribution is 4.74. The maximum Gasteiger partial charge on any atom is 0.0110 e. The zero-order valence-electron chi connectivity index (χ0n) is 10.7. The molecule has 0 unspecified atom stereocenters. The van der Waals surface area contributed by atoms with E-state index in [1.807, 2.05) is 0 Å². The molecule has 3 heteroatoms. The van der Waals surface area contributed by atoms with Crippen LogP contribution in [0.25, 0.3) is 0 Å². The molecule has 0 bridgehead atoms. The predicted molar refractivity (Wildman–Crippen MR) is 68.8 cm³/mol. The van der Waals surface area contributed by atoms with Crippen molar-refractivity contribution in [3.05, 3.63) is 0 Å². The van der Waals surface area contributed by atoms with Crippen molar-refractivity contribution in [2.75, 3.05) is 46.3 Å². The van der Waals surface area contributed by atoms with Crippen LogP contribution in [0.15, 0.2) is 0 Å². The Bertz CT molecular complexity index is 182. The third-order valence-electron chi connectivity index (χ3n) is 4.04. The minimum absolute atomic E-state index is 0.840. The van der Waals surface area contributed by atoms with E-state index in [1.54, 1.807) is 0 Å². The monoisotopic (exact) mass is 225 g/mol. The van der Waals surface area contributed by atoms with E-state index in [0.717, 1.165) is 6.04 Å². The van der Waals surface area contributed by atoms with Crippen molar-refractivity contribution in [1.82, 2.24) is 15.1 Å². The topological polar surface area (TPSA) is 18.5 Å². The molecular weight excluding hydrogens is 198 g/mol. The first-order chi connectivity index (χ1) is 7.84. The van der Waals surface area contributed by atoms with Crippen LogP contribution in [0.3, 0.4) is 0 Å². The van der Waals surface area contributed by atoms with Crippen LogP contribution < -0.4 is 5.32 Å². The quantitative estimate of drug-likeness (QED) is 0.708. The van der Waals surface area contributed by atoms with Gasteiger partial charge in [0.2, 0.25) is 0 Å². The van der Waals surface area contributed by atoms with E-state index in [0.29, 0.717) is 0 Å². The third-order valence-corrected chi connectivity index (χ3v) is 4.04. The number of piperazine rings is 1. The number of hydrogen-bond donors (Lipinski definition) is 1. The molecule has 0 aromatic heterocycles. The van der Waals surface area contributed by atoms with Crippen molar-refractivity contribution in [1.29, 1.82) is 0 Å². The summed E-state index contributed by atoms with van der Waals surface area (Å²) < 4.78 is 0. The molecule has 0 aromatic carbocycles. The molecule has 2 fully saturated rings. The maximum atomic E-state index is 3.69. The second-order valence-electron chi connectivity index (χ2n) is 5.43. The molecule has 1 N–H and O–H groups in total. The summed E-state index contributed by atoms with van der Waals surface area (Å²) in [4.78, 5) is 5.03. The Kier molecular flexibility index (Phi) is 5.07. The van der Waals surface area contributed by atoms with Crippen LogP contribution in [0.4, 0.5) is 0 Å². The number of hydrogen-bond acceptors (Lipinski definition) is 3. The van der Waals surface area contributed by atoms with Crippen molar-refractivity contribution in [2.45, 2.75) is 38.1 Å². The van der Waals surface area contributed by atoms with Crippen LogP contribution in [0.5, 0.6) is 0 Å². The van der Waals surface area contributed by atoms with Gasteiger partial charge in [-0.15, -0.1) is 0 Å². The Balaban J connectivity index is 1.48. The van der Waals surface area contributed by atoms with Gasteiger partial charge >= 0.3 is 0 Å². The summed E-state index contributed by atoms with van der Waals surface area (Å²) >= 11 is 0. The minimum atomic E-state index is 0.840. The van der Waals surface area contributed by atoms with Crippen LogP contribution in [0, 0.1) is 0 Å². The predicted octanol–water partition coefficient (Wildman–Crippen LogP) is 1.16. The zero-order chi connectivity index (χ0) is 11.2. The van der Waals surface area contributed by atoms with Gasteiger partial charge in [0.15, 0.2) is 0 Å². The van der Waals surface area contributed by atoms with Crippen molar-refractivity contribution < 1.29 is 0 Å². The van der Waals surface area contributed by atoms with E-state index in [-0.39, 0.29) is 0 Å². The zero-order valence-corrected chi connectivity index (χ0v) is 10.7. The molecule has 2 aliphatic rings. The van der Waals surface area contributed by atoms with E-state index in [9.17, 15) is 0 Å². The van der Waals surface area contributed by atoms with E-state index in [1.165, 1.54) is 71.4 Å². The van der Waals surface area contributed by atoms with Gasteiger partial charge in [-0.3, -0.25) is 0 Å². The van der Waals surface area contributed by atoms with Crippen LogP contribution in [-0.4, -0.2) is 62.2 Å². The number of rotatable bonds is 5. The van der Waals surface area contributed by atoms with E-state index in [2.05, 4.69) is 22.2 Å². The normalized spacial score (nSPS) is 25.3. The second-order valence-corrected chi connectivity index (χ2v) is 5.43. The number of likely N-dealkylation sites (N-methyl/N-ethyl adjacent to an activating group) is 1. The van der Waals surface area contributed by atoms with E-state index < -0.39 is 0 Å². The summed E-state index contributed by atoms with van der Waals surface area (Å²) in [7, 11) is 2.22. The summed E-state index contributed by atoms with van der Waals surface area (Å²) in [5.74, 6) is 0. The van der Waals surface area contributed by atoms with Gasteiger partial charge in [-0.05, 0) is 39.4 Å². The fraction of sp³-hybridized carbons (Fsp3) is 1.00. The molecule has 1 aliphatic heterocycles. The highest BCUT2D eigenvalue weighted by Crippen LogP contribution is 2.17. The van der Waals surface area contributed by atoms with Gasteiger partial charge in [-0.25, -0.2) is 0 Å².